The molecule has 1 aliphatic carbocycles. The molecule has 2 rings (SSSR count). The predicted molar refractivity (Wildman–Crippen MR) is 56.7 cm³/mol. The lowest BCUT2D eigenvalue weighted by Crippen LogP contribution is -2.31. The number of amides is 1. The average Bonchev–Trinajstić information content (AvgIpc) is 2.95. The van der Waals surface area contributed by atoms with Crippen LogP contribution in [-0.2, 0) is 11.2 Å². The van der Waals surface area contributed by atoms with Crippen LogP contribution in [0.2, 0.25) is 0 Å². The lowest BCUT2D eigenvalue weighted by atomic mass is 10.4. The Morgan fingerprint density at radius 2 is 2.31 bits per heavy atom. The monoisotopic (exact) mass is 225 g/mol. The molecule has 16 heavy (non-hydrogen) atoms. The van der Waals surface area contributed by atoms with Gasteiger partial charge in [0.05, 0.1) is 6.54 Å². The number of nitrogens with one attached hydrogen (secondary N) is 2. The number of hydrogen-bond donors (Lipinski definition) is 3. The van der Waals surface area contributed by atoms with Gasteiger partial charge in [0.1, 0.15) is 0 Å². The van der Waals surface area contributed by atoms with E-state index in [0.29, 0.717) is 24.9 Å². The van der Waals surface area contributed by atoms with Gasteiger partial charge in [0.2, 0.25) is 11.8 Å². The van der Waals surface area contributed by atoms with E-state index in [2.05, 4.69) is 20.8 Å². The fourth-order valence-corrected chi connectivity index (χ4v) is 1.21. The fourth-order valence-electron chi connectivity index (χ4n) is 1.21. The highest BCUT2D eigenvalue weighted by Gasteiger charge is 2.23. The van der Waals surface area contributed by atoms with Crippen LogP contribution in [0.1, 0.15) is 18.7 Å². The van der Waals surface area contributed by atoms with E-state index in [1.54, 1.807) is 0 Å². The molecule has 1 amide bonds. The standard InChI is InChI=1S/C9H15N5O2/c10-4-3-8-13-14-9(16-8)11-5-7(15)12-6-1-2-6/h6H,1-5,10H2,(H,11,14)(H,12,15). The number of nitrogens with two attached hydrogens (primary N) is 1. The summed E-state index contributed by atoms with van der Waals surface area (Å²) in [6.07, 6.45) is 2.70. The van der Waals surface area contributed by atoms with E-state index < -0.39 is 0 Å². The maximum atomic E-state index is 11.3. The number of rotatable bonds is 6. The second-order valence-electron chi connectivity index (χ2n) is 3.73. The first kappa shape index (κ1) is 10.9. The Balaban J connectivity index is 1.72. The lowest BCUT2D eigenvalue weighted by Gasteiger charge is -2.02. The van der Waals surface area contributed by atoms with Crippen LogP contribution in [0.5, 0.6) is 0 Å². The van der Waals surface area contributed by atoms with Crippen molar-refractivity contribution in [2.24, 2.45) is 5.73 Å². The molecule has 1 heterocycles. The maximum absolute atomic E-state index is 11.3. The maximum Gasteiger partial charge on any atom is 0.315 e. The Hall–Kier alpha value is -1.63. The van der Waals surface area contributed by atoms with Gasteiger partial charge in [-0.25, -0.2) is 0 Å². The molecule has 7 nitrogen and oxygen atoms in total. The summed E-state index contributed by atoms with van der Waals surface area (Å²) in [4.78, 5) is 11.3. The Morgan fingerprint density at radius 3 is 3.00 bits per heavy atom. The average molecular weight is 225 g/mol. The molecule has 88 valence electrons. The quantitative estimate of drug-likeness (QED) is 0.589. The minimum absolute atomic E-state index is 0.0546. The molecule has 1 aromatic rings. The van der Waals surface area contributed by atoms with Crippen LogP contribution >= 0.6 is 0 Å². The zero-order chi connectivity index (χ0) is 11.4. The third-order valence-electron chi connectivity index (χ3n) is 2.17. The third kappa shape index (κ3) is 3.20. The molecule has 0 radical (unpaired) electrons. The summed E-state index contributed by atoms with van der Waals surface area (Å²) in [5, 5.41) is 13.1. The van der Waals surface area contributed by atoms with E-state index in [-0.39, 0.29) is 18.5 Å². The van der Waals surface area contributed by atoms with Crippen LogP contribution in [0.15, 0.2) is 4.42 Å². The van der Waals surface area contributed by atoms with E-state index in [1.807, 2.05) is 0 Å². The summed E-state index contributed by atoms with van der Waals surface area (Å²) in [5.41, 5.74) is 5.34. The molecule has 1 fully saturated rings. The summed E-state index contributed by atoms with van der Waals surface area (Å²) in [6.45, 7) is 0.616. The minimum Gasteiger partial charge on any atom is -0.408 e. The normalized spacial score (nSPS) is 14.8. The molecule has 0 spiro atoms. The Morgan fingerprint density at radius 1 is 1.50 bits per heavy atom. The van der Waals surface area contributed by atoms with Gasteiger partial charge < -0.3 is 20.8 Å². The molecule has 0 unspecified atom stereocenters. The molecular formula is C9H15N5O2. The van der Waals surface area contributed by atoms with Crippen LogP contribution < -0.4 is 16.4 Å². The van der Waals surface area contributed by atoms with Crippen LogP contribution in [0, 0.1) is 0 Å². The van der Waals surface area contributed by atoms with Gasteiger partial charge in [0, 0.05) is 19.0 Å². The van der Waals surface area contributed by atoms with Gasteiger partial charge >= 0.3 is 6.01 Å². The van der Waals surface area contributed by atoms with Crippen LogP contribution in [0.4, 0.5) is 6.01 Å². The number of carbonyl (C=O) groups is 1. The van der Waals surface area contributed by atoms with Crippen molar-refractivity contribution in [1.82, 2.24) is 15.5 Å². The fraction of sp³-hybridized carbons (Fsp3) is 0.667. The summed E-state index contributed by atoms with van der Waals surface area (Å²) in [5.74, 6) is 0.425. The van der Waals surface area contributed by atoms with Gasteiger partial charge in [0.25, 0.3) is 0 Å². The van der Waals surface area contributed by atoms with Gasteiger partial charge in [-0.2, -0.15) is 0 Å². The summed E-state index contributed by atoms with van der Waals surface area (Å²) >= 11 is 0. The first-order chi connectivity index (χ1) is 7.78. The zero-order valence-corrected chi connectivity index (χ0v) is 8.90. The largest absolute Gasteiger partial charge is 0.408 e. The summed E-state index contributed by atoms with van der Waals surface area (Å²) < 4.78 is 5.20. The first-order valence-electron chi connectivity index (χ1n) is 5.33. The Bertz CT molecular complexity index is 361. The third-order valence-corrected chi connectivity index (χ3v) is 2.17. The van der Waals surface area contributed by atoms with E-state index in [0.717, 1.165) is 12.8 Å². The van der Waals surface area contributed by atoms with Gasteiger partial charge in [-0.05, 0) is 12.8 Å². The van der Waals surface area contributed by atoms with E-state index in [9.17, 15) is 4.79 Å². The molecule has 1 saturated carbocycles. The van der Waals surface area contributed by atoms with Crippen molar-refractivity contribution in [3.8, 4) is 0 Å². The second-order valence-corrected chi connectivity index (χ2v) is 3.73. The SMILES string of the molecule is NCCc1nnc(NCC(=O)NC2CC2)o1. The minimum atomic E-state index is -0.0546. The van der Waals surface area contributed by atoms with Crippen molar-refractivity contribution in [3.05, 3.63) is 5.89 Å². The van der Waals surface area contributed by atoms with Gasteiger partial charge in [-0.15, -0.1) is 5.10 Å². The van der Waals surface area contributed by atoms with Crippen LogP contribution in [-0.4, -0.2) is 35.2 Å². The number of hydrogen-bond acceptors (Lipinski definition) is 6. The smallest absolute Gasteiger partial charge is 0.315 e. The van der Waals surface area contributed by atoms with E-state index in [4.69, 9.17) is 10.2 Å². The van der Waals surface area contributed by atoms with Gasteiger partial charge in [-0.3, -0.25) is 4.79 Å². The highest BCUT2D eigenvalue weighted by Crippen LogP contribution is 2.18. The van der Waals surface area contributed by atoms with E-state index >= 15 is 0 Å². The molecule has 0 saturated heterocycles. The molecule has 4 N–H and O–H groups in total. The van der Waals surface area contributed by atoms with Crippen molar-refractivity contribution >= 4 is 11.9 Å². The topological polar surface area (TPSA) is 106 Å². The van der Waals surface area contributed by atoms with Gasteiger partial charge in [0.15, 0.2) is 0 Å². The molecule has 1 aromatic heterocycles. The lowest BCUT2D eigenvalue weighted by molar-refractivity contribution is -0.119. The van der Waals surface area contributed by atoms with Gasteiger partial charge in [-0.1, -0.05) is 5.10 Å². The van der Waals surface area contributed by atoms with Crippen molar-refractivity contribution < 1.29 is 9.21 Å². The zero-order valence-electron chi connectivity index (χ0n) is 8.90. The van der Waals surface area contributed by atoms with Crippen molar-refractivity contribution in [2.75, 3.05) is 18.4 Å². The summed E-state index contributed by atoms with van der Waals surface area (Å²) in [7, 11) is 0. The molecule has 0 atom stereocenters. The molecule has 0 aliphatic heterocycles. The number of nitrogens with zero attached hydrogens (tertiary/aromatic N) is 2. The number of anilines is 1. The second kappa shape index (κ2) is 4.93. The Labute approximate surface area is 92.8 Å². The van der Waals surface area contributed by atoms with Crippen molar-refractivity contribution in [3.63, 3.8) is 0 Å². The highest BCUT2D eigenvalue weighted by atomic mass is 16.4. The van der Waals surface area contributed by atoms with Crippen LogP contribution in [0.25, 0.3) is 0 Å². The molecule has 0 bridgehead atoms. The number of carbonyl (C=O) groups excluding carboxylic acids is 1. The number of aromatic nitrogens is 2. The first-order valence-corrected chi connectivity index (χ1v) is 5.33. The van der Waals surface area contributed by atoms with Crippen LogP contribution in [0.3, 0.4) is 0 Å². The van der Waals surface area contributed by atoms with E-state index in [1.165, 1.54) is 0 Å². The molecular weight excluding hydrogens is 210 g/mol. The molecule has 0 aromatic carbocycles. The highest BCUT2D eigenvalue weighted by molar-refractivity contribution is 5.80. The Kier molecular flexibility index (Phi) is 3.35. The van der Waals surface area contributed by atoms with Crippen molar-refractivity contribution in [2.45, 2.75) is 25.3 Å². The van der Waals surface area contributed by atoms with Crippen molar-refractivity contribution in [1.29, 1.82) is 0 Å². The molecule has 1 aliphatic rings. The predicted octanol–water partition coefficient (Wildman–Crippen LogP) is -0.739. The molecule has 7 heteroatoms. The summed E-state index contributed by atoms with van der Waals surface area (Å²) in [6, 6.07) is 0.624.